The third-order valence-corrected chi connectivity index (χ3v) is 9.48. The van der Waals surface area contributed by atoms with Gasteiger partial charge in [0.25, 0.3) is 8.32 Å². The van der Waals surface area contributed by atoms with Gasteiger partial charge in [0.15, 0.2) is 0 Å². The molecular formula is C20H19BrO3Si. The lowest BCUT2D eigenvalue weighted by atomic mass is 9.88. The Bertz CT molecular complexity index is 767. The molecule has 2 heterocycles. The van der Waals surface area contributed by atoms with Gasteiger partial charge in [0.2, 0.25) is 0 Å². The molecule has 0 unspecified atom stereocenters. The molecule has 2 aromatic rings. The van der Waals surface area contributed by atoms with Crippen LogP contribution in [0.1, 0.15) is 6.42 Å². The summed E-state index contributed by atoms with van der Waals surface area (Å²) in [6.45, 7) is 2.21. The van der Waals surface area contributed by atoms with Gasteiger partial charge in [0.05, 0.1) is 6.10 Å². The molecular weight excluding hydrogens is 396 g/mol. The fraction of sp³-hybridized carbons (Fsp3) is 0.250. The van der Waals surface area contributed by atoms with Crippen LogP contribution < -0.4 is 10.4 Å². The highest BCUT2D eigenvalue weighted by Gasteiger charge is 2.47. The van der Waals surface area contributed by atoms with Crippen LogP contribution in [-0.4, -0.2) is 26.5 Å². The molecule has 3 atom stereocenters. The molecule has 5 heteroatoms. The van der Waals surface area contributed by atoms with E-state index in [-0.39, 0.29) is 24.1 Å². The van der Waals surface area contributed by atoms with E-state index in [0.29, 0.717) is 6.42 Å². The Kier molecular flexibility index (Phi) is 4.39. The summed E-state index contributed by atoms with van der Waals surface area (Å²) in [7, 11) is -2.43. The number of esters is 1. The second-order valence-electron chi connectivity index (χ2n) is 6.66. The SMILES string of the molecule is C[Si](O[C@@H]1C[C@H]2OC(=O)[C@@H]1C=C2Br)(c1ccccc1)c1ccccc1. The summed E-state index contributed by atoms with van der Waals surface area (Å²) in [5.41, 5.74) is 0. The van der Waals surface area contributed by atoms with Crippen LogP contribution in [0.15, 0.2) is 71.2 Å². The Hall–Kier alpha value is -1.69. The summed E-state index contributed by atoms with van der Waals surface area (Å²) < 4.78 is 13.2. The lowest BCUT2D eigenvalue weighted by molar-refractivity contribution is -0.164. The maximum absolute atomic E-state index is 12.2. The van der Waals surface area contributed by atoms with Crippen LogP contribution in [0.25, 0.3) is 0 Å². The van der Waals surface area contributed by atoms with Gasteiger partial charge in [-0.15, -0.1) is 0 Å². The van der Waals surface area contributed by atoms with Crippen molar-refractivity contribution in [2.24, 2.45) is 5.92 Å². The number of fused-ring (bicyclic) bond motifs is 2. The molecule has 2 aliphatic heterocycles. The summed E-state index contributed by atoms with van der Waals surface area (Å²) in [6.07, 6.45) is 2.29. The Morgan fingerprint density at radius 1 is 1.04 bits per heavy atom. The van der Waals surface area contributed by atoms with Gasteiger partial charge in [-0.3, -0.25) is 4.79 Å². The minimum atomic E-state index is -2.43. The predicted octanol–water partition coefficient (Wildman–Crippen LogP) is 2.99. The summed E-state index contributed by atoms with van der Waals surface area (Å²) in [4.78, 5) is 12.2. The van der Waals surface area contributed by atoms with Crippen molar-refractivity contribution >= 4 is 40.6 Å². The number of carbonyl (C=O) groups is 1. The smallest absolute Gasteiger partial charge is 0.316 e. The van der Waals surface area contributed by atoms with Gasteiger partial charge in [-0.1, -0.05) is 82.7 Å². The van der Waals surface area contributed by atoms with Gasteiger partial charge in [0, 0.05) is 10.9 Å². The van der Waals surface area contributed by atoms with E-state index in [0.717, 1.165) is 4.48 Å². The average molecular weight is 415 g/mol. The van der Waals surface area contributed by atoms with E-state index in [1.807, 2.05) is 42.5 Å². The third-order valence-electron chi connectivity index (χ3n) is 5.06. The first kappa shape index (κ1) is 16.8. The molecule has 5 rings (SSSR count). The maximum Gasteiger partial charge on any atom is 0.316 e. The fourth-order valence-corrected chi connectivity index (χ4v) is 7.31. The Labute approximate surface area is 156 Å². The molecule has 3 aliphatic rings. The van der Waals surface area contributed by atoms with Crippen molar-refractivity contribution in [3.05, 3.63) is 71.2 Å². The van der Waals surface area contributed by atoms with Crippen LogP contribution in [0.4, 0.5) is 0 Å². The minimum Gasteiger partial charge on any atom is -0.456 e. The predicted molar refractivity (Wildman–Crippen MR) is 104 cm³/mol. The molecule has 3 nitrogen and oxygen atoms in total. The van der Waals surface area contributed by atoms with E-state index in [4.69, 9.17) is 9.16 Å². The number of benzene rings is 2. The highest BCUT2D eigenvalue weighted by atomic mass is 79.9. The van der Waals surface area contributed by atoms with Crippen LogP contribution in [0, 0.1) is 5.92 Å². The summed E-state index contributed by atoms with van der Waals surface area (Å²) in [5.74, 6) is -0.513. The van der Waals surface area contributed by atoms with E-state index < -0.39 is 8.32 Å². The van der Waals surface area contributed by atoms with E-state index in [2.05, 4.69) is 46.7 Å². The normalized spacial score (nSPS) is 25.4. The number of hydrogen-bond donors (Lipinski definition) is 0. The minimum absolute atomic E-state index is 0.148. The fourth-order valence-electron chi connectivity index (χ4n) is 3.64. The summed E-state index contributed by atoms with van der Waals surface area (Å²) >= 11 is 3.51. The largest absolute Gasteiger partial charge is 0.456 e. The van der Waals surface area contributed by atoms with Gasteiger partial charge < -0.3 is 9.16 Å². The van der Waals surface area contributed by atoms with Crippen LogP contribution in [-0.2, 0) is 14.0 Å². The molecule has 2 bridgehead atoms. The van der Waals surface area contributed by atoms with Crippen LogP contribution in [0.2, 0.25) is 6.55 Å². The standard InChI is InChI=1S/C20H19BrO3Si/c1-25(14-8-4-2-5-9-14,15-10-6-3-7-11-15)24-18-13-19-17(21)12-16(18)20(22)23-19/h2-12,16,18-19H,13H2,1H3/t16-,18-,19-/m1/s1. The molecule has 0 aromatic heterocycles. The zero-order valence-corrected chi connectivity index (χ0v) is 16.5. The highest BCUT2D eigenvalue weighted by Crippen LogP contribution is 2.38. The van der Waals surface area contributed by atoms with Crippen molar-refractivity contribution in [2.45, 2.75) is 25.2 Å². The first-order valence-electron chi connectivity index (χ1n) is 8.44. The first-order chi connectivity index (χ1) is 12.1. The zero-order chi connectivity index (χ0) is 17.4. The van der Waals surface area contributed by atoms with Crippen molar-refractivity contribution in [2.75, 3.05) is 0 Å². The Morgan fingerprint density at radius 2 is 1.60 bits per heavy atom. The molecule has 0 radical (unpaired) electrons. The molecule has 1 fully saturated rings. The molecule has 2 aromatic carbocycles. The van der Waals surface area contributed by atoms with Crippen molar-refractivity contribution in [3.8, 4) is 0 Å². The van der Waals surface area contributed by atoms with Gasteiger partial charge >= 0.3 is 5.97 Å². The quantitative estimate of drug-likeness (QED) is 0.569. The van der Waals surface area contributed by atoms with Crippen molar-refractivity contribution in [1.29, 1.82) is 0 Å². The number of ether oxygens (including phenoxy) is 1. The summed E-state index contributed by atoms with van der Waals surface area (Å²) in [5, 5.41) is 2.41. The molecule has 25 heavy (non-hydrogen) atoms. The Balaban J connectivity index is 1.72. The van der Waals surface area contributed by atoms with Crippen LogP contribution in [0.5, 0.6) is 0 Å². The lowest BCUT2D eigenvalue weighted by Gasteiger charge is -2.42. The monoisotopic (exact) mass is 414 g/mol. The number of hydrogen-bond acceptors (Lipinski definition) is 3. The third kappa shape index (κ3) is 3.01. The number of halogens is 1. The van der Waals surface area contributed by atoms with Gasteiger partial charge in [-0.25, -0.2) is 0 Å². The molecule has 128 valence electrons. The molecule has 0 saturated carbocycles. The lowest BCUT2D eigenvalue weighted by Crippen LogP contribution is -2.62. The van der Waals surface area contributed by atoms with E-state index in [1.165, 1.54) is 10.4 Å². The van der Waals surface area contributed by atoms with Crippen molar-refractivity contribution in [3.63, 3.8) is 0 Å². The van der Waals surface area contributed by atoms with Crippen molar-refractivity contribution < 1.29 is 14.0 Å². The van der Waals surface area contributed by atoms with Crippen LogP contribution in [0.3, 0.4) is 0 Å². The second kappa shape index (κ2) is 6.55. The van der Waals surface area contributed by atoms with E-state index in [1.54, 1.807) is 0 Å². The maximum atomic E-state index is 12.2. The zero-order valence-electron chi connectivity index (χ0n) is 13.9. The van der Waals surface area contributed by atoms with Crippen molar-refractivity contribution in [1.82, 2.24) is 0 Å². The molecule has 1 saturated heterocycles. The topological polar surface area (TPSA) is 35.5 Å². The Morgan fingerprint density at radius 3 is 2.12 bits per heavy atom. The molecule has 1 aliphatic carbocycles. The van der Waals surface area contributed by atoms with Crippen LogP contribution >= 0.6 is 15.9 Å². The average Bonchev–Trinajstić information content (AvgIpc) is 2.65. The molecule has 0 N–H and O–H groups in total. The van der Waals surface area contributed by atoms with Gasteiger partial charge in [-0.2, -0.15) is 0 Å². The van der Waals surface area contributed by atoms with E-state index >= 15 is 0 Å². The van der Waals surface area contributed by atoms with Gasteiger partial charge in [0.1, 0.15) is 12.0 Å². The number of rotatable bonds is 4. The van der Waals surface area contributed by atoms with Gasteiger partial charge in [-0.05, 0) is 16.9 Å². The first-order valence-corrected chi connectivity index (χ1v) is 11.6. The molecule has 0 amide bonds. The highest BCUT2D eigenvalue weighted by molar-refractivity contribution is 9.11. The molecule has 0 spiro atoms. The number of carbonyl (C=O) groups excluding carboxylic acids is 1. The van der Waals surface area contributed by atoms with E-state index in [9.17, 15) is 4.79 Å². The second-order valence-corrected chi connectivity index (χ2v) is 11.0. The summed E-state index contributed by atoms with van der Waals surface area (Å²) in [6, 6.07) is 20.7.